The quantitative estimate of drug-likeness (QED) is 0.839. The van der Waals surface area contributed by atoms with E-state index in [1.165, 1.54) is 5.69 Å². The van der Waals surface area contributed by atoms with Gasteiger partial charge in [-0.05, 0) is 31.2 Å². The fraction of sp³-hybridized carbons (Fsp3) is 0.350. The number of piperazine rings is 1. The molecule has 1 aliphatic rings. The van der Waals surface area contributed by atoms with Gasteiger partial charge in [-0.15, -0.1) is 0 Å². The van der Waals surface area contributed by atoms with Crippen LogP contribution in [0, 0.1) is 0 Å². The largest absolute Gasteiger partial charge is 0.493 e. The van der Waals surface area contributed by atoms with Gasteiger partial charge >= 0.3 is 0 Å². The number of anilines is 1. The Morgan fingerprint density at radius 2 is 1.52 bits per heavy atom. The Bertz CT molecular complexity index is 697. The third-order valence-electron chi connectivity index (χ3n) is 4.43. The highest BCUT2D eigenvalue weighted by molar-refractivity contribution is 5.81. The second kappa shape index (κ2) is 7.92. The molecule has 1 amide bonds. The Morgan fingerprint density at radius 3 is 2.16 bits per heavy atom. The Balaban J connectivity index is 1.57. The number of para-hydroxylation sites is 3. The molecule has 0 spiro atoms. The lowest BCUT2D eigenvalue weighted by atomic mass is 10.2. The van der Waals surface area contributed by atoms with Crippen LogP contribution in [0.3, 0.4) is 0 Å². The highest BCUT2D eigenvalue weighted by atomic mass is 16.5. The number of methoxy groups -OCH3 is 1. The minimum atomic E-state index is -0.542. The van der Waals surface area contributed by atoms with E-state index < -0.39 is 6.10 Å². The van der Waals surface area contributed by atoms with E-state index in [4.69, 9.17) is 9.47 Å². The molecule has 5 nitrogen and oxygen atoms in total. The van der Waals surface area contributed by atoms with Crippen molar-refractivity contribution >= 4 is 11.6 Å². The molecule has 0 bridgehead atoms. The smallest absolute Gasteiger partial charge is 0.263 e. The zero-order chi connectivity index (χ0) is 17.6. The van der Waals surface area contributed by atoms with E-state index in [0.717, 1.165) is 13.1 Å². The maximum Gasteiger partial charge on any atom is 0.263 e. The summed E-state index contributed by atoms with van der Waals surface area (Å²) in [7, 11) is 1.59. The molecule has 0 N–H and O–H groups in total. The number of ether oxygens (including phenoxy) is 2. The molecular weight excluding hydrogens is 316 g/mol. The molecule has 132 valence electrons. The molecule has 0 aromatic heterocycles. The maximum absolute atomic E-state index is 12.7. The van der Waals surface area contributed by atoms with Crippen molar-refractivity contribution in [2.75, 3.05) is 38.2 Å². The zero-order valence-electron chi connectivity index (χ0n) is 14.7. The first-order valence-corrected chi connectivity index (χ1v) is 8.57. The van der Waals surface area contributed by atoms with E-state index >= 15 is 0 Å². The average molecular weight is 340 g/mol. The molecule has 1 fully saturated rings. The van der Waals surface area contributed by atoms with E-state index in [1.54, 1.807) is 14.0 Å². The minimum absolute atomic E-state index is 0.0126. The molecule has 2 aromatic rings. The lowest BCUT2D eigenvalue weighted by molar-refractivity contribution is -0.138. The van der Waals surface area contributed by atoms with Gasteiger partial charge in [-0.25, -0.2) is 0 Å². The molecule has 1 atom stereocenters. The van der Waals surface area contributed by atoms with Crippen LogP contribution in [-0.4, -0.2) is 50.2 Å². The molecular formula is C20H24N2O3. The highest BCUT2D eigenvalue weighted by Crippen LogP contribution is 2.27. The zero-order valence-corrected chi connectivity index (χ0v) is 14.7. The van der Waals surface area contributed by atoms with Crippen molar-refractivity contribution in [3.8, 4) is 11.5 Å². The van der Waals surface area contributed by atoms with Crippen LogP contribution in [0.4, 0.5) is 5.69 Å². The van der Waals surface area contributed by atoms with E-state index in [9.17, 15) is 4.79 Å². The topological polar surface area (TPSA) is 42.0 Å². The van der Waals surface area contributed by atoms with Crippen LogP contribution in [0.5, 0.6) is 11.5 Å². The number of hydrogen-bond acceptors (Lipinski definition) is 4. The second-order valence-corrected chi connectivity index (χ2v) is 6.06. The number of amides is 1. The maximum atomic E-state index is 12.7. The molecule has 2 aromatic carbocycles. The molecule has 1 heterocycles. The molecule has 25 heavy (non-hydrogen) atoms. The molecule has 0 unspecified atom stereocenters. The molecule has 1 aliphatic heterocycles. The van der Waals surface area contributed by atoms with E-state index in [0.29, 0.717) is 24.6 Å². The first-order chi connectivity index (χ1) is 12.2. The van der Waals surface area contributed by atoms with Gasteiger partial charge in [0.25, 0.3) is 5.91 Å². The SMILES string of the molecule is COc1ccccc1O[C@@H](C)C(=O)N1CCN(c2ccccc2)CC1. The standard InChI is InChI=1S/C20H24N2O3/c1-16(25-19-11-7-6-10-18(19)24-2)20(23)22-14-12-21(13-15-22)17-8-4-3-5-9-17/h3-11,16H,12-15H2,1-2H3/t16-/m0/s1. The Hall–Kier alpha value is -2.69. The summed E-state index contributed by atoms with van der Waals surface area (Å²) < 4.78 is 11.1. The van der Waals surface area contributed by atoms with Gasteiger partial charge in [-0.2, -0.15) is 0 Å². The number of benzene rings is 2. The van der Waals surface area contributed by atoms with Gasteiger partial charge in [-0.3, -0.25) is 4.79 Å². The molecule has 1 saturated heterocycles. The minimum Gasteiger partial charge on any atom is -0.493 e. The number of hydrogen-bond donors (Lipinski definition) is 0. The van der Waals surface area contributed by atoms with Crippen LogP contribution in [0.15, 0.2) is 54.6 Å². The summed E-state index contributed by atoms with van der Waals surface area (Å²) in [6.07, 6.45) is -0.542. The summed E-state index contributed by atoms with van der Waals surface area (Å²) >= 11 is 0. The van der Waals surface area contributed by atoms with E-state index in [1.807, 2.05) is 47.4 Å². The summed E-state index contributed by atoms with van der Waals surface area (Å²) in [4.78, 5) is 16.9. The monoisotopic (exact) mass is 340 g/mol. The third-order valence-corrected chi connectivity index (χ3v) is 4.43. The van der Waals surface area contributed by atoms with Crippen molar-refractivity contribution in [3.05, 3.63) is 54.6 Å². The summed E-state index contributed by atoms with van der Waals surface area (Å²) in [6, 6.07) is 17.7. The fourth-order valence-electron chi connectivity index (χ4n) is 3.04. The van der Waals surface area contributed by atoms with Crippen molar-refractivity contribution in [1.82, 2.24) is 4.90 Å². The van der Waals surface area contributed by atoms with Crippen LogP contribution in [0.2, 0.25) is 0 Å². The predicted octanol–water partition coefficient (Wildman–Crippen LogP) is 2.81. The molecule has 0 saturated carbocycles. The summed E-state index contributed by atoms with van der Waals surface area (Å²) in [5.41, 5.74) is 1.20. The molecule has 0 radical (unpaired) electrons. The van der Waals surface area contributed by atoms with Gasteiger partial charge in [-0.1, -0.05) is 30.3 Å². The van der Waals surface area contributed by atoms with Gasteiger partial charge < -0.3 is 19.3 Å². The Morgan fingerprint density at radius 1 is 0.920 bits per heavy atom. The second-order valence-electron chi connectivity index (χ2n) is 6.06. The van der Waals surface area contributed by atoms with Crippen LogP contribution in [0.25, 0.3) is 0 Å². The average Bonchev–Trinajstić information content (AvgIpc) is 2.68. The van der Waals surface area contributed by atoms with Crippen LogP contribution in [0.1, 0.15) is 6.92 Å². The first kappa shape index (κ1) is 17.1. The van der Waals surface area contributed by atoms with Crippen molar-refractivity contribution in [1.29, 1.82) is 0 Å². The number of rotatable bonds is 5. The lowest BCUT2D eigenvalue weighted by Crippen LogP contribution is -2.52. The highest BCUT2D eigenvalue weighted by Gasteiger charge is 2.26. The van der Waals surface area contributed by atoms with Crippen molar-refractivity contribution in [2.45, 2.75) is 13.0 Å². The summed E-state index contributed by atoms with van der Waals surface area (Å²) in [6.45, 7) is 4.85. The van der Waals surface area contributed by atoms with Crippen molar-refractivity contribution in [3.63, 3.8) is 0 Å². The lowest BCUT2D eigenvalue weighted by Gasteiger charge is -2.37. The third kappa shape index (κ3) is 4.05. The summed E-state index contributed by atoms with van der Waals surface area (Å²) in [5, 5.41) is 0. The van der Waals surface area contributed by atoms with Gasteiger partial charge in [0.2, 0.25) is 0 Å². The van der Waals surface area contributed by atoms with Crippen LogP contribution >= 0.6 is 0 Å². The molecule has 3 rings (SSSR count). The predicted molar refractivity (Wildman–Crippen MR) is 98.3 cm³/mol. The molecule has 0 aliphatic carbocycles. The fourth-order valence-corrected chi connectivity index (χ4v) is 3.04. The van der Waals surface area contributed by atoms with Crippen molar-refractivity contribution < 1.29 is 14.3 Å². The van der Waals surface area contributed by atoms with Crippen LogP contribution in [-0.2, 0) is 4.79 Å². The normalized spacial score (nSPS) is 15.6. The van der Waals surface area contributed by atoms with E-state index in [-0.39, 0.29) is 5.91 Å². The molecule has 5 heteroatoms. The van der Waals surface area contributed by atoms with Gasteiger partial charge in [0.05, 0.1) is 7.11 Å². The van der Waals surface area contributed by atoms with E-state index in [2.05, 4.69) is 17.0 Å². The van der Waals surface area contributed by atoms with Gasteiger partial charge in [0.1, 0.15) is 0 Å². The number of carbonyl (C=O) groups is 1. The van der Waals surface area contributed by atoms with Crippen LogP contribution < -0.4 is 14.4 Å². The number of nitrogens with zero attached hydrogens (tertiary/aromatic N) is 2. The van der Waals surface area contributed by atoms with Gasteiger partial charge in [0.15, 0.2) is 17.6 Å². The van der Waals surface area contributed by atoms with Crippen molar-refractivity contribution in [2.24, 2.45) is 0 Å². The number of carbonyl (C=O) groups excluding carboxylic acids is 1. The van der Waals surface area contributed by atoms with Gasteiger partial charge in [0, 0.05) is 31.9 Å². The Kier molecular flexibility index (Phi) is 5.43. The first-order valence-electron chi connectivity index (χ1n) is 8.57. The Labute approximate surface area is 148 Å². The summed E-state index contributed by atoms with van der Waals surface area (Å²) in [5.74, 6) is 1.24.